The van der Waals surface area contributed by atoms with Crippen molar-refractivity contribution in [2.24, 2.45) is 0 Å². The third-order valence-corrected chi connectivity index (χ3v) is 2.80. The molecule has 1 aliphatic rings. The van der Waals surface area contributed by atoms with Crippen molar-refractivity contribution in [3.8, 4) is 11.5 Å². The Balaban J connectivity index is 2.27. The van der Waals surface area contributed by atoms with E-state index in [0.717, 1.165) is 29.9 Å². The highest BCUT2D eigenvalue weighted by Crippen LogP contribution is 2.47. The summed E-state index contributed by atoms with van der Waals surface area (Å²) in [4.78, 5) is 0. The monoisotopic (exact) mass is 222 g/mol. The molecule has 0 unspecified atom stereocenters. The molecule has 88 valence electrons. The predicted molar refractivity (Wildman–Crippen MR) is 61.9 cm³/mol. The molecule has 0 bridgehead atoms. The summed E-state index contributed by atoms with van der Waals surface area (Å²) in [7, 11) is 0. The van der Waals surface area contributed by atoms with Crippen molar-refractivity contribution in [2.75, 3.05) is 13.2 Å². The van der Waals surface area contributed by atoms with Gasteiger partial charge in [0.2, 0.25) is 0 Å². The van der Waals surface area contributed by atoms with Crippen LogP contribution in [0.4, 0.5) is 0 Å². The molecule has 1 aromatic rings. The molecular weight excluding hydrogens is 204 g/mol. The van der Waals surface area contributed by atoms with E-state index in [9.17, 15) is 5.11 Å². The molecule has 1 aliphatic carbocycles. The molecule has 1 N–H and O–H groups in total. The van der Waals surface area contributed by atoms with Crippen LogP contribution in [0.3, 0.4) is 0 Å². The van der Waals surface area contributed by atoms with Crippen molar-refractivity contribution in [1.29, 1.82) is 0 Å². The van der Waals surface area contributed by atoms with Crippen molar-refractivity contribution in [1.82, 2.24) is 0 Å². The van der Waals surface area contributed by atoms with Crippen molar-refractivity contribution in [2.45, 2.75) is 32.3 Å². The Bertz CT molecular complexity index is 369. The highest BCUT2D eigenvalue weighted by molar-refractivity contribution is 5.45. The van der Waals surface area contributed by atoms with Gasteiger partial charge in [0.05, 0.1) is 18.8 Å². The Kier molecular flexibility index (Phi) is 3.06. The summed E-state index contributed by atoms with van der Waals surface area (Å²) in [6, 6.07) is 5.68. The smallest absolute Gasteiger partial charge is 0.161 e. The second-order valence-electron chi connectivity index (χ2n) is 4.06. The third kappa shape index (κ3) is 2.14. The first kappa shape index (κ1) is 11.3. The fourth-order valence-electron chi connectivity index (χ4n) is 1.75. The van der Waals surface area contributed by atoms with Crippen molar-refractivity contribution < 1.29 is 14.6 Å². The van der Waals surface area contributed by atoms with Crippen LogP contribution in [-0.4, -0.2) is 18.3 Å². The summed E-state index contributed by atoms with van der Waals surface area (Å²) in [5, 5.41) is 10.0. The first-order valence-electron chi connectivity index (χ1n) is 5.82. The Labute approximate surface area is 96.0 Å². The van der Waals surface area contributed by atoms with Gasteiger partial charge in [-0.05, 0) is 44.4 Å². The fourth-order valence-corrected chi connectivity index (χ4v) is 1.75. The van der Waals surface area contributed by atoms with Gasteiger partial charge >= 0.3 is 0 Å². The van der Waals surface area contributed by atoms with Crippen LogP contribution in [0.2, 0.25) is 0 Å². The normalized spacial score (nSPS) is 16.9. The Morgan fingerprint density at radius 1 is 1.12 bits per heavy atom. The number of hydrogen-bond donors (Lipinski definition) is 1. The Morgan fingerprint density at radius 2 is 1.75 bits per heavy atom. The summed E-state index contributed by atoms with van der Waals surface area (Å²) < 4.78 is 11.0. The second-order valence-corrected chi connectivity index (χ2v) is 4.06. The predicted octanol–water partition coefficient (Wildman–Crippen LogP) is 2.47. The molecule has 0 amide bonds. The van der Waals surface area contributed by atoms with Gasteiger partial charge in [0, 0.05) is 0 Å². The third-order valence-electron chi connectivity index (χ3n) is 2.80. The highest BCUT2D eigenvalue weighted by Gasteiger charge is 2.42. The summed E-state index contributed by atoms with van der Waals surface area (Å²) in [5.41, 5.74) is 0.316. The molecule has 0 heterocycles. The van der Waals surface area contributed by atoms with Crippen LogP contribution in [0.1, 0.15) is 32.3 Å². The number of benzene rings is 1. The average Bonchev–Trinajstić information content (AvgIpc) is 3.01. The second kappa shape index (κ2) is 4.34. The number of hydrogen-bond acceptors (Lipinski definition) is 3. The van der Waals surface area contributed by atoms with E-state index in [1.165, 1.54) is 0 Å². The van der Waals surface area contributed by atoms with E-state index in [1.807, 2.05) is 32.0 Å². The molecule has 16 heavy (non-hydrogen) atoms. The van der Waals surface area contributed by atoms with Gasteiger partial charge in [0.15, 0.2) is 11.5 Å². The maximum atomic E-state index is 10.0. The molecule has 0 aromatic heterocycles. The van der Waals surface area contributed by atoms with Crippen LogP contribution >= 0.6 is 0 Å². The van der Waals surface area contributed by atoms with E-state index >= 15 is 0 Å². The molecule has 3 heteroatoms. The van der Waals surface area contributed by atoms with Gasteiger partial charge in [-0.25, -0.2) is 0 Å². The first-order chi connectivity index (χ1) is 7.69. The molecule has 1 saturated carbocycles. The maximum absolute atomic E-state index is 10.0. The molecule has 1 aromatic carbocycles. The lowest BCUT2D eigenvalue weighted by atomic mass is 10.1. The van der Waals surface area contributed by atoms with Crippen LogP contribution in [0.25, 0.3) is 0 Å². The van der Waals surface area contributed by atoms with E-state index in [4.69, 9.17) is 9.47 Å². The van der Waals surface area contributed by atoms with E-state index in [0.29, 0.717) is 13.2 Å². The quantitative estimate of drug-likeness (QED) is 0.831. The standard InChI is InChI=1S/C13H18O3/c1-3-15-11-6-5-10(13(14)7-8-13)9-12(11)16-4-2/h5-6,9,14H,3-4,7-8H2,1-2H3. The van der Waals surface area contributed by atoms with Gasteiger partial charge < -0.3 is 14.6 Å². The summed E-state index contributed by atoms with van der Waals surface area (Å²) >= 11 is 0. The van der Waals surface area contributed by atoms with Gasteiger partial charge in [-0.2, -0.15) is 0 Å². The van der Waals surface area contributed by atoms with Crippen LogP contribution < -0.4 is 9.47 Å². The largest absolute Gasteiger partial charge is 0.490 e. The number of ether oxygens (including phenoxy) is 2. The lowest BCUT2D eigenvalue weighted by Crippen LogP contribution is -2.06. The van der Waals surface area contributed by atoms with Crippen molar-refractivity contribution in [3.05, 3.63) is 23.8 Å². The Hall–Kier alpha value is -1.22. The van der Waals surface area contributed by atoms with Crippen LogP contribution in [0, 0.1) is 0 Å². The number of rotatable bonds is 5. The highest BCUT2D eigenvalue weighted by atomic mass is 16.5. The summed E-state index contributed by atoms with van der Waals surface area (Å²) in [6.45, 7) is 5.10. The molecule has 0 radical (unpaired) electrons. The minimum Gasteiger partial charge on any atom is -0.490 e. The van der Waals surface area contributed by atoms with Crippen LogP contribution in [0.5, 0.6) is 11.5 Å². The molecular formula is C13H18O3. The Morgan fingerprint density at radius 3 is 2.31 bits per heavy atom. The molecule has 2 rings (SSSR count). The van der Waals surface area contributed by atoms with Crippen LogP contribution in [-0.2, 0) is 5.60 Å². The zero-order valence-electron chi connectivity index (χ0n) is 9.82. The zero-order chi connectivity index (χ0) is 11.6. The van der Waals surface area contributed by atoms with Gasteiger partial charge in [-0.1, -0.05) is 6.07 Å². The topological polar surface area (TPSA) is 38.7 Å². The van der Waals surface area contributed by atoms with Crippen LogP contribution in [0.15, 0.2) is 18.2 Å². The lowest BCUT2D eigenvalue weighted by Gasteiger charge is -2.14. The maximum Gasteiger partial charge on any atom is 0.161 e. The molecule has 0 spiro atoms. The minimum absolute atomic E-state index is 0.599. The number of aliphatic hydroxyl groups is 1. The molecule has 0 aliphatic heterocycles. The average molecular weight is 222 g/mol. The fraction of sp³-hybridized carbons (Fsp3) is 0.538. The van der Waals surface area contributed by atoms with Gasteiger partial charge in [-0.15, -0.1) is 0 Å². The van der Waals surface area contributed by atoms with E-state index in [2.05, 4.69) is 0 Å². The molecule has 3 nitrogen and oxygen atoms in total. The lowest BCUT2D eigenvalue weighted by molar-refractivity contribution is 0.150. The van der Waals surface area contributed by atoms with Crippen molar-refractivity contribution in [3.63, 3.8) is 0 Å². The summed E-state index contributed by atoms with van der Waals surface area (Å²) in [6.07, 6.45) is 1.68. The van der Waals surface area contributed by atoms with E-state index < -0.39 is 5.60 Å². The molecule has 1 fully saturated rings. The molecule has 0 saturated heterocycles. The van der Waals surface area contributed by atoms with Gasteiger partial charge in [-0.3, -0.25) is 0 Å². The van der Waals surface area contributed by atoms with Gasteiger partial charge in [0.1, 0.15) is 0 Å². The van der Waals surface area contributed by atoms with Gasteiger partial charge in [0.25, 0.3) is 0 Å². The first-order valence-corrected chi connectivity index (χ1v) is 5.82. The van der Waals surface area contributed by atoms with E-state index in [-0.39, 0.29) is 0 Å². The summed E-state index contributed by atoms with van der Waals surface area (Å²) in [5.74, 6) is 1.47. The van der Waals surface area contributed by atoms with E-state index in [1.54, 1.807) is 0 Å². The minimum atomic E-state index is -0.614. The molecule has 0 atom stereocenters. The van der Waals surface area contributed by atoms with Crippen molar-refractivity contribution >= 4 is 0 Å². The zero-order valence-corrected chi connectivity index (χ0v) is 9.82. The SMILES string of the molecule is CCOc1ccc(C2(O)CC2)cc1OCC.